The third-order valence-corrected chi connectivity index (χ3v) is 5.19. The summed E-state index contributed by atoms with van der Waals surface area (Å²) in [4.78, 5) is 23.5. The molecule has 0 bridgehead atoms. The van der Waals surface area contributed by atoms with E-state index in [9.17, 15) is 19.1 Å². The van der Waals surface area contributed by atoms with Gasteiger partial charge >= 0.3 is 5.97 Å². The standard InChI is InChI=1S/C24H29FO5/c1-17-15-23(27)21(12-4-3-5-13-22(26)24(28)29-2)20(17)11-6-7-14-30-19-10-8-9-18(25)16-19/h4-6,8-11,16-17,20-22,26H,7,12-15H2,1-2H3/b11-6+/t3?,17-,20+,21-,22?/m1/s1. The highest BCUT2D eigenvalue weighted by Gasteiger charge is 2.37. The molecule has 0 aromatic heterocycles. The van der Waals surface area contributed by atoms with Crippen LogP contribution in [-0.2, 0) is 14.3 Å². The molecule has 1 aliphatic rings. The van der Waals surface area contributed by atoms with Crippen molar-refractivity contribution in [3.63, 3.8) is 0 Å². The number of carbonyl (C=O) groups excluding carboxylic acids is 2. The topological polar surface area (TPSA) is 72.8 Å². The van der Waals surface area contributed by atoms with Crippen molar-refractivity contribution in [3.05, 3.63) is 60.1 Å². The zero-order chi connectivity index (χ0) is 21.9. The van der Waals surface area contributed by atoms with Crippen molar-refractivity contribution in [3.8, 4) is 5.75 Å². The van der Waals surface area contributed by atoms with Gasteiger partial charge in [-0.2, -0.15) is 0 Å². The molecule has 6 heteroatoms. The first kappa shape index (κ1) is 23.6. The molecule has 5 nitrogen and oxygen atoms in total. The number of carbonyl (C=O) groups is 2. The van der Waals surface area contributed by atoms with E-state index < -0.39 is 12.1 Å². The molecule has 30 heavy (non-hydrogen) atoms. The molecule has 162 valence electrons. The van der Waals surface area contributed by atoms with E-state index >= 15 is 0 Å². The van der Waals surface area contributed by atoms with Gasteiger partial charge in [0.05, 0.1) is 13.7 Å². The van der Waals surface area contributed by atoms with Gasteiger partial charge in [0.1, 0.15) is 17.3 Å². The van der Waals surface area contributed by atoms with Crippen LogP contribution in [0.15, 0.2) is 54.3 Å². The Morgan fingerprint density at radius 3 is 2.93 bits per heavy atom. The lowest BCUT2D eigenvalue weighted by Gasteiger charge is -2.16. The van der Waals surface area contributed by atoms with E-state index in [0.717, 1.165) is 0 Å². The highest BCUT2D eigenvalue weighted by Crippen LogP contribution is 2.37. The fourth-order valence-electron chi connectivity index (χ4n) is 3.57. The van der Waals surface area contributed by atoms with E-state index in [1.165, 1.54) is 19.2 Å². The smallest absolute Gasteiger partial charge is 0.335 e. The molecule has 0 spiro atoms. The van der Waals surface area contributed by atoms with Gasteiger partial charge in [0.25, 0.3) is 0 Å². The van der Waals surface area contributed by atoms with E-state index in [1.54, 1.807) is 24.3 Å². The summed E-state index contributed by atoms with van der Waals surface area (Å²) in [6.07, 6.45) is 8.13. The number of ether oxygens (including phenoxy) is 2. The second-order valence-corrected chi connectivity index (χ2v) is 7.44. The van der Waals surface area contributed by atoms with E-state index in [1.807, 2.05) is 6.08 Å². The second kappa shape index (κ2) is 12.1. The molecule has 1 aromatic rings. The van der Waals surface area contributed by atoms with E-state index in [0.29, 0.717) is 31.6 Å². The number of allylic oxidation sites excluding steroid dienone is 1. The van der Waals surface area contributed by atoms with Gasteiger partial charge in [0.2, 0.25) is 0 Å². The molecular formula is C24H29FO5. The maximum Gasteiger partial charge on any atom is 0.335 e. The third-order valence-electron chi connectivity index (χ3n) is 5.19. The van der Waals surface area contributed by atoms with Gasteiger partial charge in [0, 0.05) is 24.8 Å². The minimum atomic E-state index is -1.20. The summed E-state index contributed by atoms with van der Waals surface area (Å²) < 4.78 is 23.1. The Morgan fingerprint density at radius 1 is 1.40 bits per heavy atom. The van der Waals surface area contributed by atoms with Crippen molar-refractivity contribution in [1.29, 1.82) is 0 Å². The molecular weight excluding hydrogens is 387 g/mol. The van der Waals surface area contributed by atoms with Gasteiger partial charge in [-0.3, -0.25) is 4.79 Å². The summed E-state index contributed by atoms with van der Waals surface area (Å²) in [6.45, 7) is 2.51. The van der Waals surface area contributed by atoms with Crippen molar-refractivity contribution in [1.82, 2.24) is 0 Å². The summed E-state index contributed by atoms with van der Waals surface area (Å²) in [7, 11) is 1.22. The Hall–Kier alpha value is -2.69. The van der Waals surface area contributed by atoms with Crippen LogP contribution < -0.4 is 4.74 Å². The van der Waals surface area contributed by atoms with Crippen LogP contribution in [0, 0.1) is 23.6 Å². The molecule has 1 fully saturated rings. The Labute approximate surface area is 176 Å². The lowest BCUT2D eigenvalue weighted by atomic mass is 9.87. The minimum Gasteiger partial charge on any atom is -0.493 e. The van der Waals surface area contributed by atoms with Crippen molar-refractivity contribution < 1.29 is 28.6 Å². The molecule has 0 heterocycles. The Bertz CT molecular complexity index is 810. The lowest BCUT2D eigenvalue weighted by molar-refractivity contribution is -0.150. The van der Waals surface area contributed by atoms with Gasteiger partial charge in [-0.05, 0) is 49.0 Å². The van der Waals surface area contributed by atoms with E-state index in [4.69, 9.17) is 4.74 Å². The lowest BCUT2D eigenvalue weighted by Crippen LogP contribution is -2.20. The SMILES string of the molecule is COC(=O)C(O)CC=C=CC[C@H]1C(=O)C[C@@H](C)[C@@H]1/C=C/CCOc1cccc(F)c1. The predicted octanol–water partition coefficient (Wildman–Crippen LogP) is 4.02. The van der Waals surface area contributed by atoms with Gasteiger partial charge in [-0.1, -0.05) is 25.1 Å². The van der Waals surface area contributed by atoms with Gasteiger partial charge in [-0.25, -0.2) is 9.18 Å². The first-order valence-corrected chi connectivity index (χ1v) is 10.2. The summed E-state index contributed by atoms with van der Waals surface area (Å²) in [5.74, 6) is 0.0323. The number of ketones is 1. The maximum atomic E-state index is 13.1. The first-order valence-electron chi connectivity index (χ1n) is 10.2. The highest BCUT2D eigenvalue weighted by molar-refractivity contribution is 5.84. The summed E-state index contributed by atoms with van der Waals surface area (Å²) in [5.41, 5.74) is 2.93. The number of rotatable bonds is 10. The normalized spacial score (nSPS) is 21.9. The molecule has 4 atom stereocenters. The second-order valence-electron chi connectivity index (χ2n) is 7.44. The molecule has 2 rings (SSSR count). The van der Waals surface area contributed by atoms with Crippen LogP contribution in [0.1, 0.15) is 32.6 Å². The summed E-state index contributed by atoms with van der Waals surface area (Å²) in [6, 6.07) is 6.04. The van der Waals surface area contributed by atoms with Crippen molar-refractivity contribution in [2.24, 2.45) is 17.8 Å². The van der Waals surface area contributed by atoms with Crippen LogP contribution >= 0.6 is 0 Å². The van der Waals surface area contributed by atoms with Crippen molar-refractivity contribution in [2.45, 2.75) is 38.7 Å². The third kappa shape index (κ3) is 7.29. The number of hydrogen-bond donors (Lipinski definition) is 1. The number of benzene rings is 1. The largest absolute Gasteiger partial charge is 0.493 e. The fraction of sp³-hybridized carbons (Fsp3) is 0.458. The number of aliphatic hydroxyl groups excluding tert-OH is 1. The van der Waals surface area contributed by atoms with Crippen LogP contribution in [0.2, 0.25) is 0 Å². The Morgan fingerprint density at radius 2 is 2.20 bits per heavy atom. The molecule has 0 saturated heterocycles. The van der Waals surface area contributed by atoms with Crippen molar-refractivity contribution in [2.75, 3.05) is 13.7 Å². The molecule has 1 unspecified atom stereocenters. The monoisotopic (exact) mass is 416 g/mol. The summed E-state index contributed by atoms with van der Waals surface area (Å²) >= 11 is 0. The number of hydrogen-bond acceptors (Lipinski definition) is 5. The van der Waals surface area contributed by atoms with Crippen LogP contribution in [0.5, 0.6) is 5.75 Å². The average molecular weight is 416 g/mol. The first-order chi connectivity index (χ1) is 14.4. The molecule has 1 aromatic carbocycles. The van der Waals surface area contributed by atoms with Gasteiger partial charge in [-0.15, -0.1) is 5.73 Å². The number of halogens is 1. The number of aliphatic hydroxyl groups is 1. The Kier molecular flexibility index (Phi) is 9.52. The minimum absolute atomic E-state index is 0.105. The average Bonchev–Trinajstić information content (AvgIpc) is 2.99. The quantitative estimate of drug-likeness (QED) is 0.270. The van der Waals surface area contributed by atoms with Crippen LogP contribution in [0.25, 0.3) is 0 Å². The van der Waals surface area contributed by atoms with Crippen LogP contribution in [0.4, 0.5) is 4.39 Å². The fourth-order valence-corrected chi connectivity index (χ4v) is 3.57. The number of esters is 1. The molecule has 1 N–H and O–H groups in total. The maximum absolute atomic E-state index is 13.1. The van der Waals surface area contributed by atoms with Gasteiger partial charge < -0.3 is 14.6 Å². The molecule has 1 saturated carbocycles. The predicted molar refractivity (Wildman–Crippen MR) is 111 cm³/mol. The van der Waals surface area contributed by atoms with Crippen molar-refractivity contribution >= 4 is 11.8 Å². The zero-order valence-corrected chi connectivity index (χ0v) is 17.4. The number of methoxy groups -OCH3 is 1. The van der Waals surface area contributed by atoms with E-state index in [2.05, 4.69) is 23.5 Å². The van der Waals surface area contributed by atoms with Crippen LogP contribution in [-0.4, -0.2) is 36.7 Å². The number of Topliss-reactive ketones (excluding diaryl/α,β-unsaturated/α-hetero) is 1. The zero-order valence-electron chi connectivity index (χ0n) is 17.4. The Balaban J connectivity index is 1.83. The molecule has 0 amide bonds. The molecule has 1 aliphatic carbocycles. The highest BCUT2D eigenvalue weighted by atomic mass is 19.1. The molecule has 0 radical (unpaired) electrons. The molecule has 0 aliphatic heterocycles. The van der Waals surface area contributed by atoms with E-state index in [-0.39, 0.29) is 35.8 Å². The summed E-state index contributed by atoms with van der Waals surface area (Å²) in [5, 5.41) is 9.52. The van der Waals surface area contributed by atoms with Gasteiger partial charge in [0.15, 0.2) is 6.10 Å². The van der Waals surface area contributed by atoms with Crippen LogP contribution in [0.3, 0.4) is 0 Å².